The minimum Gasteiger partial charge on any atom is -0.359 e. The van der Waals surface area contributed by atoms with Crippen molar-refractivity contribution >= 4 is 0 Å². The predicted octanol–water partition coefficient (Wildman–Crippen LogP) is 2.59. The summed E-state index contributed by atoms with van der Waals surface area (Å²) in [5, 5.41) is 12.0. The van der Waals surface area contributed by atoms with E-state index in [0.29, 0.717) is 12.5 Å². The first-order chi connectivity index (χ1) is 9.47. The number of hydrogen-bond acceptors (Lipinski definition) is 4. The fourth-order valence-corrected chi connectivity index (χ4v) is 2.27. The number of aromatic nitrogens is 3. The Kier molecular flexibility index (Phi) is 4.60. The lowest BCUT2D eigenvalue weighted by atomic mass is 10.2. The Hall–Kier alpha value is -1.62. The van der Waals surface area contributed by atoms with E-state index in [0.717, 1.165) is 30.2 Å². The highest BCUT2D eigenvalue weighted by atomic mass is 16.5. The topological polar surface area (TPSA) is 55.9 Å². The van der Waals surface area contributed by atoms with Gasteiger partial charge in [-0.15, -0.1) is 0 Å². The van der Waals surface area contributed by atoms with Crippen LogP contribution in [0.15, 0.2) is 10.6 Å². The Morgan fingerprint density at radius 2 is 2.05 bits per heavy atom. The maximum atomic E-state index is 5.26. The molecule has 0 bridgehead atoms. The van der Waals surface area contributed by atoms with Crippen molar-refractivity contribution in [3.05, 3.63) is 34.5 Å². The molecule has 0 unspecified atom stereocenters. The van der Waals surface area contributed by atoms with Crippen molar-refractivity contribution in [2.45, 2.75) is 47.7 Å². The van der Waals surface area contributed by atoms with Gasteiger partial charge in [-0.05, 0) is 33.2 Å². The van der Waals surface area contributed by atoms with Gasteiger partial charge in [0.25, 0.3) is 0 Å². The molecule has 2 aromatic heterocycles. The Labute approximate surface area is 120 Å². The van der Waals surface area contributed by atoms with E-state index < -0.39 is 0 Å². The fourth-order valence-electron chi connectivity index (χ4n) is 2.27. The molecule has 20 heavy (non-hydrogen) atoms. The number of nitrogens with one attached hydrogen (secondary N) is 1. The first kappa shape index (κ1) is 14.8. The van der Waals surface area contributed by atoms with E-state index in [-0.39, 0.29) is 0 Å². The standard InChI is InChI=1S/C15H24N4O/c1-10(2)7-16-8-15-12(4)17-19(13(15)5)9-14-6-11(3)18-20-14/h6,10,16H,7-9H2,1-5H3. The zero-order valence-corrected chi connectivity index (χ0v) is 13.0. The van der Waals surface area contributed by atoms with Crippen molar-refractivity contribution in [1.29, 1.82) is 0 Å². The van der Waals surface area contributed by atoms with Crippen LogP contribution in [0.1, 0.15) is 42.3 Å². The van der Waals surface area contributed by atoms with Crippen LogP contribution >= 0.6 is 0 Å². The van der Waals surface area contributed by atoms with E-state index in [1.807, 2.05) is 17.7 Å². The van der Waals surface area contributed by atoms with Gasteiger partial charge in [-0.25, -0.2) is 0 Å². The number of hydrogen-bond donors (Lipinski definition) is 1. The van der Waals surface area contributed by atoms with Gasteiger partial charge in [-0.1, -0.05) is 19.0 Å². The highest BCUT2D eigenvalue weighted by Crippen LogP contribution is 2.15. The molecule has 110 valence electrons. The average Bonchev–Trinajstić information content (AvgIpc) is 2.88. The Morgan fingerprint density at radius 3 is 2.65 bits per heavy atom. The molecule has 5 nitrogen and oxygen atoms in total. The lowest BCUT2D eigenvalue weighted by Gasteiger charge is -2.08. The normalized spacial score (nSPS) is 11.5. The Bertz CT molecular complexity index is 568. The first-order valence-corrected chi connectivity index (χ1v) is 7.13. The summed E-state index contributed by atoms with van der Waals surface area (Å²) in [7, 11) is 0. The van der Waals surface area contributed by atoms with Crippen molar-refractivity contribution in [2.24, 2.45) is 5.92 Å². The molecule has 0 atom stereocenters. The number of aryl methyl sites for hydroxylation is 2. The zero-order valence-electron chi connectivity index (χ0n) is 13.0. The van der Waals surface area contributed by atoms with Gasteiger partial charge in [-0.3, -0.25) is 4.68 Å². The quantitative estimate of drug-likeness (QED) is 0.881. The molecule has 0 aliphatic rings. The van der Waals surface area contributed by atoms with Gasteiger partial charge in [0.15, 0.2) is 5.76 Å². The molecule has 0 aromatic carbocycles. The molecule has 2 rings (SSSR count). The highest BCUT2D eigenvalue weighted by Gasteiger charge is 2.13. The lowest BCUT2D eigenvalue weighted by molar-refractivity contribution is 0.366. The van der Waals surface area contributed by atoms with Gasteiger partial charge >= 0.3 is 0 Å². The van der Waals surface area contributed by atoms with Crippen LogP contribution in [0.3, 0.4) is 0 Å². The largest absolute Gasteiger partial charge is 0.359 e. The summed E-state index contributed by atoms with van der Waals surface area (Å²) >= 11 is 0. The molecule has 1 N–H and O–H groups in total. The van der Waals surface area contributed by atoms with Crippen molar-refractivity contribution in [3.8, 4) is 0 Å². The van der Waals surface area contributed by atoms with E-state index >= 15 is 0 Å². The van der Waals surface area contributed by atoms with E-state index in [2.05, 4.69) is 43.3 Å². The molecular formula is C15H24N4O. The van der Waals surface area contributed by atoms with Crippen molar-refractivity contribution in [1.82, 2.24) is 20.3 Å². The molecule has 5 heteroatoms. The van der Waals surface area contributed by atoms with Crippen LogP contribution in [0.4, 0.5) is 0 Å². The van der Waals surface area contributed by atoms with E-state index in [1.165, 1.54) is 11.3 Å². The maximum absolute atomic E-state index is 5.26. The minimum atomic E-state index is 0.637. The molecule has 0 saturated carbocycles. The molecule has 2 heterocycles. The van der Waals surface area contributed by atoms with Gasteiger partial charge in [0, 0.05) is 23.9 Å². The fraction of sp³-hybridized carbons (Fsp3) is 0.600. The molecule has 0 fully saturated rings. The van der Waals surface area contributed by atoms with E-state index in [1.54, 1.807) is 0 Å². The second kappa shape index (κ2) is 6.22. The van der Waals surface area contributed by atoms with Gasteiger partial charge in [0.2, 0.25) is 0 Å². The van der Waals surface area contributed by atoms with Gasteiger partial charge in [0.1, 0.15) is 6.54 Å². The van der Waals surface area contributed by atoms with E-state index in [4.69, 9.17) is 4.52 Å². The summed E-state index contributed by atoms with van der Waals surface area (Å²) < 4.78 is 7.25. The van der Waals surface area contributed by atoms with Gasteiger partial charge in [0.05, 0.1) is 11.4 Å². The SMILES string of the molecule is Cc1cc(Cn2nc(C)c(CNCC(C)C)c2C)on1. The molecule has 0 spiro atoms. The molecule has 0 saturated heterocycles. The second-order valence-electron chi connectivity index (χ2n) is 5.77. The summed E-state index contributed by atoms with van der Waals surface area (Å²) in [5.41, 5.74) is 4.45. The van der Waals surface area contributed by atoms with E-state index in [9.17, 15) is 0 Å². The van der Waals surface area contributed by atoms with Crippen molar-refractivity contribution in [3.63, 3.8) is 0 Å². The van der Waals surface area contributed by atoms with Crippen LogP contribution < -0.4 is 5.32 Å². The lowest BCUT2D eigenvalue weighted by Crippen LogP contribution is -2.19. The third-order valence-electron chi connectivity index (χ3n) is 3.37. The number of rotatable bonds is 6. The summed E-state index contributed by atoms with van der Waals surface area (Å²) in [6, 6.07) is 1.95. The van der Waals surface area contributed by atoms with Crippen LogP contribution in [-0.2, 0) is 13.1 Å². The average molecular weight is 276 g/mol. The van der Waals surface area contributed by atoms with Crippen LogP contribution in [0.25, 0.3) is 0 Å². The summed E-state index contributed by atoms with van der Waals surface area (Å²) in [5.74, 6) is 1.50. The summed E-state index contributed by atoms with van der Waals surface area (Å²) in [6.07, 6.45) is 0. The third kappa shape index (κ3) is 3.48. The molecule has 0 radical (unpaired) electrons. The molecule has 0 amide bonds. The van der Waals surface area contributed by atoms with Crippen molar-refractivity contribution < 1.29 is 4.52 Å². The summed E-state index contributed by atoms with van der Waals surface area (Å²) in [4.78, 5) is 0. The second-order valence-corrected chi connectivity index (χ2v) is 5.77. The monoisotopic (exact) mass is 276 g/mol. The van der Waals surface area contributed by atoms with Gasteiger partial charge in [-0.2, -0.15) is 5.10 Å². The maximum Gasteiger partial charge on any atom is 0.158 e. The third-order valence-corrected chi connectivity index (χ3v) is 3.37. The Morgan fingerprint density at radius 1 is 1.30 bits per heavy atom. The Balaban J connectivity index is 2.08. The first-order valence-electron chi connectivity index (χ1n) is 7.13. The molecule has 0 aliphatic carbocycles. The zero-order chi connectivity index (χ0) is 14.7. The number of nitrogens with zero attached hydrogens (tertiary/aromatic N) is 3. The minimum absolute atomic E-state index is 0.637. The van der Waals surface area contributed by atoms with Crippen LogP contribution in [0.5, 0.6) is 0 Å². The predicted molar refractivity (Wildman–Crippen MR) is 78.6 cm³/mol. The van der Waals surface area contributed by atoms with Crippen LogP contribution in [0, 0.1) is 26.7 Å². The molecule has 2 aromatic rings. The molecule has 0 aliphatic heterocycles. The van der Waals surface area contributed by atoms with Crippen molar-refractivity contribution in [2.75, 3.05) is 6.54 Å². The smallest absolute Gasteiger partial charge is 0.158 e. The van der Waals surface area contributed by atoms with Gasteiger partial charge < -0.3 is 9.84 Å². The summed E-state index contributed by atoms with van der Waals surface area (Å²) in [6.45, 7) is 13.0. The van der Waals surface area contributed by atoms with Crippen LogP contribution in [-0.4, -0.2) is 21.5 Å². The molecular weight excluding hydrogens is 252 g/mol. The highest BCUT2D eigenvalue weighted by molar-refractivity contribution is 5.25. The van der Waals surface area contributed by atoms with Crippen LogP contribution in [0.2, 0.25) is 0 Å².